The van der Waals surface area contributed by atoms with Crippen LogP contribution in [0, 0.1) is 11.3 Å². The van der Waals surface area contributed by atoms with Gasteiger partial charge in [0.05, 0.1) is 53.0 Å². The third-order valence-corrected chi connectivity index (χ3v) is 5.17. The number of hydrogen-bond donors (Lipinski definition) is 0. The van der Waals surface area contributed by atoms with Crippen LogP contribution in [0.2, 0.25) is 0 Å². The van der Waals surface area contributed by atoms with Crippen molar-refractivity contribution in [2.24, 2.45) is 0 Å². The highest BCUT2D eigenvalue weighted by molar-refractivity contribution is 5.93. The van der Waals surface area contributed by atoms with Crippen molar-refractivity contribution in [3.05, 3.63) is 57.1 Å². The van der Waals surface area contributed by atoms with Crippen LogP contribution in [0.3, 0.4) is 0 Å². The van der Waals surface area contributed by atoms with Crippen LogP contribution in [-0.4, -0.2) is 34.3 Å². The maximum absolute atomic E-state index is 13.0. The molecule has 0 amide bonds. The van der Waals surface area contributed by atoms with Gasteiger partial charge in [-0.05, 0) is 31.9 Å². The van der Waals surface area contributed by atoms with E-state index in [-0.39, 0.29) is 23.2 Å². The third kappa shape index (κ3) is 2.87. The van der Waals surface area contributed by atoms with Crippen molar-refractivity contribution in [3.63, 3.8) is 0 Å². The zero-order valence-corrected chi connectivity index (χ0v) is 15.6. The van der Waals surface area contributed by atoms with E-state index in [9.17, 15) is 9.59 Å². The summed E-state index contributed by atoms with van der Waals surface area (Å²) in [5.74, 6) is 0. The molecule has 3 heterocycles. The first-order valence-corrected chi connectivity index (χ1v) is 9.28. The summed E-state index contributed by atoms with van der Waals surface area (Å²) in [5.41, 5.74) is 0.859. The van der Waals surface area contributed by atoms with Gasteiger partial charge in [-0.15, -0.1) is 5.10 Å². The lowest BCUT2D eigenvalue weighted by Gasteiger charge is -2.15. The van der Waals surface area contributed by atoms with Gasteiger partial charge >= 0.3 is 0 Å². The molecule has 0 aliphatic heterocycles. The second kappa shape index (κ2) is 6.34. The molecule has 144 valence electrons. The van der Waals surface area contributed by atoms with Crippen LogP contribution in [0.5, 0.6) is 0 Å². The van der Waals surface area contributed by atoms with Crippen molar-refractivity contribution in [3.8, 4) is 6.07 Å². The number of rotatable bonds is 4. The molecule has 3 aromatic heterocycles. The molecule has 0 radical (unpaired) electrons. The smallest absolute Gasteiger partial charge is 0.277 e. The van der Waals surface area contributed by atoms with Crippen molar-refractivity contribution < 1.29 is 0 Å². The summed E-state index contributed by atoms with van der Waals surface area (Å²) in [5, 5.41) is 22.0. The van der Waals surface area contributed by atoms with Crippen molar-refractivity contribution in [2.45, 2.75) is 38.4 Å². The first kappa shape index (κ1) is 17.2. The van der Waals surface area contributed by atoms with Crippen LogP contribution < -0.4 is 11.1 Å². The van der Waals surface area contributed by atoms with E-state index in [1.54, 1.807) is 23.0 Å². The molecule has 0 unspecified atom stereocenters. The Morgan fingerprint density at radius 3 is 2.69 bits per heavy atom. The van der Waals surface area contributed by atoms with Crippen LogP contribution in [0.15, 0.2) is 40.4 Å². The van der Waals surface area contributed by atoms with Gasteiger partial charge in [0.25, 0.3) is 11.1 Å². The van der Waals surface area contributed by atoms with Crippen molar-refractivity contribution in [2.75, 3.05) is 0 Å². The molecule has 0 spiro atoms. The Labute approximate surface area is 163 Å². The lowest BCUT2D eigenvalue weighted by molar-refractivity contribution is 0.426. The maximum Gasteiger partial charge on any atom is 0.277 e. The number of nitriles is 1. The molecular weight excluding hydrogens is 372 g/mol. The van der Waals surface area contributed by atoms with E-state index in [0.29, 0.717) is 33.9 Å². The molecule has 1 saturated carbocycles. The molecule has 0 N–H and O–H groups in total. The second-order valence-electron chi connectivity index (χ2n) is 7.33. The molecule has 0 bridgehead atoms. The van der Waals surface area contributed by atoms with Gasteiger partial charge in [0.2, 0.25) is 0 Å². The minimum absolute atomic E-state index is 0.126. The quantitative estimate of drug-likeness (QED) is 0.481. The summed E-state index contributed by atoms with van der Waals surface area (Å²) in [4.78, 5) is 30.1. The summed E-state index contributed by atoms with van der Waals surface area (Å²) < 4.78 is 4.55. The molecule has 10 heteroatoms. The van der Waals surface area contributed by atoms with Gasteiger partial charge in [0, 0.05) is 6.20 Å². The fourth-order valence-corrected chi connectivity index (χ4v) is 3.44. The Hall–Kier alpha value is -3.87. The second-order valence-corrected chi connectivity index (χ2v) is 7.33. The summed E-state index contributed by atoms with van der Waals surface area (Å²) in [6, 6.07) is 5.11. The molecule has 1 fully saturated rings. The predicted octanol–water partition coefficient (Wildman–Crippen LogP) is 1.17. The number of aromatic nitrogens is 7. The molecule has 1 aromatic carbocycles. The van der Waals surface area contributed by atoms with E-state index in [1.165, 1.54) is 21.8 Å². The third-order valence-electron chi connectivity index (χ3n) is 5.17. The average molecular weight is 388 g/mol. The topological polar surface area (TPSA) is 124 Å². The molecule has 1 atom stereocenters. The summed E-state index contributed by atoms with van der Waals surface area (Å²) in [6.07, 6.45) is 6.45. The van der Waals surface area contributed by atoms with E-state index in [4.69, 9.17) is 5.26 Å². The Bertz CT molecular complexity index is 1420. The Morgan fingerprint density at radius 1 is 1.21 bits per heavy atom. The fraction of sp³-hybridized carbons (Fsp3) is 0.316. The average Bonchev–Trinajstić information content (AvgIpc) is 3.46. The van der Waals surface area contributed by atoms with Gasteiger partial charge in [-0.1, -0.05) is 5.21 Å². The summed E-state index contributed by atoms with van der Waals surface area (Å²) in [7, 11) is 0. The molecule has 1 aliphatic rings. The van der Waals surface area contributed by atoms with Gasteiger partial charge in [-0.25, -0.2) is 9.67 Å². The first-order valence-electron chi connectivity index (χ1n) is 9.28. The van der Waals surface area contributed by atoms with Crippen molar-refractivity contribution >= 4 is 21.8 Å². The summed E-state index contributed by atoms with van der Waals surface area (Å²) in [6.45, 7) is 2.28. The van der Waals surface area contributed by atoms with Gasteiger partial charge in [-0.2, -0.15) is 10.4 Å². The number of nitrogens with zero attached hydrogens (tertiary/aromatic N) is 8. The molecule has 10 nitrogen and oxygen atoms in total. The van der Waals surface area contributed by atoms with Gasteiger partial charge in [0.1, 0.15) is 11.6 Å². The fourth-order valence-electron chi connectivity index (χ4n) is 3.44. The maximum atomic E-state index is 13.0. The Morgan fingerprint density at radius 2 is 1.97 bits per heavy atom. The number of benzene rings is 1. The SMILES string of the molecule is C[C@H](Cn1cc(C#N)cn1)n1cnc2cc3c(=O)n(C4CC4)nnc3cc2c1=O. The predicted molar refractivity (Wildman–Crippen MR) is 103 cm³/mol. The molecule has 4 aromatic rings. The first-order chi connectivity index (χ1) is 14.0. The lowest BCUT2D eigenvalue weighted by atomic mass is 10.1. The Balaban J connectivity index is 1.57. The number of hydrogen-bond acceptors (Lipinski definition) is 7. The molecule has 1 aliphatic carbocycles. The van der Waals surface area contributed by atoms with Crippen LogP contribution >= 0.6 is 0 Å². The van der Waals surface area contributed by atoms with E-state index < -0.39 is 0 Å². The van der Waals surface area contributed by atoms with E-state index >= 15 is 0 Å². The molecular formula is C19H16N8O2. The number of fused-ring (bicyclic) bond motifs is 2. The normalized spacial score (nSPS) is 14.9. The lowest BCUT2D eigenvalue weighted by Crippen LogP contribution is -2.27. The zero-order chi connectivity index (χ0) is 20.1. The van der Waals surface area contributed by atoms with Crippen LogP contribution in [0.25, 0.3) is 21.8 Å². The van der Waals surface area contributed by atoms with Crippen LogP contribution in [0.1, 0.15) is 37.4 Å². The standard InChI is InChI=1S/C19H16N8O2/c1-11(8-25-9-12(6-20)7-22-25)26-10-21-16-4-15-17(5-14(16)18(26)28)23-24-27(19(15)29)13-2-3-13/h4-5,7,9-11,13H,2-3,8H2,1H3/t11-/m1/s1. The highest BCUT2D eigenvalue weighted by Gasteiger charge is 2.27. The largest absolute Gasteiger partial charge is 0.294 e. The van der Waals surface area contributed by atoms with Gasteiger partial charge < -0.3 is 0 Å². The van der Waals surface area contributed by atoms with Crippen LogP contribution in [0.4, 0.5) is 0 Å². The molecule has 0 saturated heterocycles. The minimum atomic E-state index is -0.240. The van der Waals surface area contributed by atoms with Crippen molar-refractivity contribution in [1.82, 2.24) is 34.3 Å². The van der Waals surface area contributed by atoms with E-state index in [0.717, 1.165) is 12.8 Å². The van der Waals surface area contributed by atoms with Crippen LogP contribution in [-0.2, 0) is 6.54 Å². The zero-order valence-electron chi connectivity index (χ0n) is 15.6. The molecule has 5 rings (SSSR count). The summed E-state index contributed by atoms with van der Waals surface area (Å²) >= 11 is 0. The molecule has 29 heavy (non-hydrogen) atoms. The van der Waals surface area contributed by atoms with Gasteiger partial charge in [0.15, 0.2) is 0 Å². The van der Waals surface area contributed by atoms with Gasteiger partial charge in [-0.3, -0.25) is 18.8 Å². The highest BCUT2D eigenvalue weighted by atomic mass is 16.1. The monoisotopic (exact) mass is 388 g/mol. The van der Waals surface area contributed by atoms with E-state index in [1.807, 2.05) is 13.0 Å². The van der Waals surface area contributed by atoms with E-state index in [2.05, 4.69) is 20.4 Å². The highest BCUT2D eigenvalue weighted by Crippen LogP contribution is 2.32. The minimum Gasteiger partial charge on any atom is -0.294 e. The van der Waals surface area contributed by atoms with Crippen molar-refractivity contribution in [1.29, 1.82) is 5.26 Å². The Kier molecular flexibility index (Phi) is 3.77.